The molecule has 5 rings (SSSR count). The fourth-order valence-corrected chi connectivity index (χ4v) is 5.72. The number of ether oxygens (including phenoxy) is 1. The van der Waals surface area contributed by atoms with Gasteiger partial charge in [-0.2, -0.15) is 0 Å². The lowest BCUT2D eigenvalue weighted by Gasteiger charge is -2.43. The van der Waals surface area contributed by atoms with Gasteiger partial charge >= 0.3 is 0 Å². The van der Waals surface area contributed by atoms with Crippen LogP contribution in [0.4, 0.5) is 0 Å². The van der Waals surface area contributed by atoms with Gasteiger partial charge < -0.3 is 9.72 Å². The number of piperazine rings is 1. The van der Waals surface area contributed by atoms with E-state index in [0.29, 0.717) is 5.92 Å². The summed E-state index contributed by atoms with van der Waals surface area (Å²) in [6, 6.07) is 30.5. The Morgan fingerprint density at radius 2 is 1.23 bits per heavy atom. The quantitative estimate of drug-likeness (QED) is 0.224. The molecule has 0 aliphatic carbocycles. The van der Waals surface area contributed by atoms with Gasteiger partial charge in [-0.25, -0.2) is 4.98 Å². The van der Waals surface area contributed by atoms with Gasteiger partial charge in [-0.3, -0.25) is 9.80 Å². The summed E-state index contributed by atoms with van der Waals surface area (Å²) in [5.41, 5.74) is 6.11. The Balaban J connectivity index is 0.00000187. The van der Waals surface area contributed by atoms with E-state index in [1.54, 1.807) is 7.11 Å². The van der Waals surface area contributed by atoms with Crippen LogP contribution in [-0.2, 0) is 0 Å². The Hall–Kier alpha value is -2.54. The van der Waals surface area contributed by atoms with E-state index in [1.807, 2.05) is 12.1 Å². The minimum Gasteiger partial charge on any atom is -0.497 e. The van der Waals surface area contributed by atoms with Crippen LogP contribution in [-0.4, -0.2) is 53.1 Å². The van der Waals surface area contributed by atoms with Crippen LogP contribution in [0.1, 0.15) is 48.4 Å². The highest BCUT2D eigenvalue weighted by Gasteiger charge is 2.33. The number of rotatable bonds is 8. The topological polar surface area (TPSA) is 44.4 Å². The minimum absolute atomic E-state index is 0. The van der Waals surface area contributed by atoms with Crippen molar-refractivity contribution in [3.05, 3.63) is 107 Å². The van der Waals surface area contributed by atoms with Gasteiger partial charge in [0.1, 0.15) is 11.6 Å². The van der Waals surface area contributed by atoms with Crippen molar-refractivity contribution in [2.24, 2.45) is 5.92 Å². The molecule has 40 heavy (non-hydrogen) atoms. The SMILES string of the molecule is COc1ccc(-c2nc(C(C(C)C)N3CCN(C(c4ccccc4)c4ccccc4)CC3)c(C)[nH]2)cc1.Cl.Cl.Cl. The third-order valence-corrected chi connectivity index (χ3v) is 7.54. The highest BCUT2D eigenvalue weighted by molar-refractivity contribution is 5.86. The summed E-state index contributed by atoms with van der Waals surface area (Å²) in [4.78, 5) is 14.0. The van der Waals surface area contributed by atoms with Gasteiger partial charge in [-0.05, 0) is 48.2 Å². The Kier molecular flexibility index (Phi) is 13.0. The van der Waals surface area contributed by atoms with Crippen molar-refractivity contribution in [1.29, 1.82) is 0 Å². The first-order chi connectivity index (χ1) is 18.0. The van der Waals surface area contributed by atoms with Crippen molar-refractivity contribution in [2.75, 3.05) is 33.3 Å². The van der Waals surface area contributed by atoms with E-state index in [0.717, 1.165) is 54.7 Å². The van der Waals surface area contributed by atoms with E-state index in [9.17, 15) is 0 Å². The lowest BCUT2D eigenvalue weighted by molar-refractivity contribution is 0.0599. The predicted molar refractivity (Wildman–Crippen MR) is 173 cm³/mol. The zero-order chi connectivity index (χ0) is 25.8. The zero-order valence-corrected chi connectivity index (χ0v) is 26.1. The van der Waals surface area contributed by atoms with Gasteiger partial charge in [0.15, 0.2) is 0 Å². The number of aryl methyl sites for hydroxylation is 1. The van der Waals surface area contributed by atoms with Crippen LogP contribution in [0.15, 0.2) is 84.9 Å². The molecule has 1 fully saturated rings. The van der Waals surface area contributed by atoms with Crippen molar-refractivity contribution in [3.63, 3.8) is 0 Å². The molecule has 0 spiro atoms. The number of aromatic nitrogens is 2. The summed E-state index contributed by atoms with van der Waals surface area (Å²) in [6.45, 7) is 10.9. The summed E-state index contributed by atoms with van der Waals surface area (Å²) in [5.74, 6) is 2.23. The fraction of sp³-hybridized carbons (Fsp3) is 0.344. The monoisotopic (exact) mass is 602 g/mol. The lowest BCUT2D eigenvalue weighted by Crippen LogP contribution is -2.50. The van der Waals surface area contributed by atoms with Crippen LogP contribution < -0.4 is 4.74 Å². The minimum atomic E-state index is 0. The van der Waals surface area contributed by atoms with Gasteiger partial charge in [-0.15, -0.1) is 37.2 Å². The number of nitrogens with zero attached hydrogens (tertiary/aromatic N) is 3. The van der Waals surface area contributed by atoms with Crippen molar-refractivity contribution in [3.8, 4) is 17.1 Å². The number of H-pyrrole nitrogens is 1. The molecule has 1 saturated heterocycles. The molecule has 3 aromatic carbocycles. The van der Waals surface area contributed by atoms with Gasteiger partial charge in [-0.1, -0.05) is 74.5 Å². The summed E-state index contributed by atoms with van der Waals surface area (Å²) in [7, 11) is 1.69. The van der Waals surface area contributed by atoms with E-state index < -0.39 is 0 Å². The van der Waals surface area contributed by atoms with Crippen LogP contribution >= 0.6 is 37.2 Å². The molecule has 2 heterocycles. The van der Waals surface area contributed by atoms with E-state index in [2.05, 4.69) is 108 Å². The number of benzene rings is 3. The average molecular weight is 604 g/mol. The first-order valence-electron chi connectivity index (χ1n) is 13.3. The van der Waals surface area contributed by atoms with Crippen molar-refractivity contribution in [2.45, 2.75) is 32.9 Å². The molecular weight excluding hydrogens is 563 g/mol. The highest BCUT2D eigenvalue weighted by atomic mass is 35.5. The van der Waals surface area contributed by atoms with E-state index in [-0.39, 0.29) is 49.3 Å². The standard InChI is InChI=1S/C32H38N4O.3ClH/c1-23(2)30(29-24(3)33-32(34-29)27-15-17-28(37-4)18-16-27)35-19-21-36(22-20-35)31(25-11-7-5-8-12-25)26-13-9-6-10-14-26;;;/h5-18,23,30-31H,19-22H2,1-4H3,(H,33,34);3*1H. The fourth-order valence-electron chi connectivity index (χ4n) is 5.72. The molecule has 0 saturated carbocycles. The second-order valence-corrected chi connectivity index (χ2v) is 10.3. The average Bonchev–Trinajstić information content (AvgIpc) is 3.31. The maximum atomic E-state index is 5.32. The molecule has 1 unspecified atom stereocenters. The third-order valence-electron chi connectivity index (χ3n) is 7.54. The summed E-state index contributed by atoms with van der Waals surface area (Å²) < 4.78 is 5.32. The number of methoxy groups -OCH3 is 1. The summed E-state index contributed by atoms with van der Waals surface area (Å²) in [6.07, 6.45) is 0. The Labute approximate surface area is 257 Å². The number of halogens is 3. The molecule has 0 bridgehead atoms. The number of hydrogen-bond acceptors (Lipinski definition) is 4. The Bertz CT molecular complexity index is 1240. The van der Waals surface area contributed by atoms with Crippen molar-refractivity contribution >= 4 is 37.2 Å². The molecule has 1 atom stereocenters. The molecule has 5 nitrogen and oxygen atoms in total. The van der Waals surface area contributed by atoms with Crippen LogP contribution in [0, 0.1) is 12.8 Å². The lowest BCUT2D eigenvalue weighted by atomic mass is 9.94. The molecule has 1 aliphatic heterocycles. The number of imidazole rings is 1. The normalized spacial score (nSPS) is 14.7. The first-order valence-corrected chi connectivity index (χ1v) is 13.3. The first kappa shape index (κ1) is 33.7. The van der Waals surface area contributed by atoms with Gasteiger partial charge in [0, 0.05) is 37.4 Å². The summed E-state index contributed by atoms with van der Waals surface area (Å²) in [5, 5.41) is 0. The molecule has 216 valence electrons. The zero-order valence-electron chi connectivity index (χ0n) is 23.6. The molecule has 1 aromatic heterocycles. The van der Waals surface area contributed by atoms with Crippen LogP contribution in [0.3, 0.4) is 0 Å². The summed E-state index contributed by atoms with van der Waals surface area (Å²) >= 11 is 0. The third kappa shape index (κ3) is 7.39. The van der Waals surface area contributed by atoms with E-state index in [1.165, 1.54) is 11.1 Å². The molecule has 1 N–H and O–H groups in total. The maximum absolute atomic E-state index is 5.32. The predicted octanol–water partition coefficient (Wildman–Crippen LogP) is 7.76. The smallest absolute Gasteiger partial charge is 0.137 e. The highest BCUT2D eigenvalue weighted by Crippen LogP contribution is 2.35. The van der Waals surface area contributed by atoms with Crippen molar-refractivity contribution in [1.82, 2.24) is 19.8 Å². The second-order valence-electron chi connectivity index (χ2n) is 10.3. The number of hydrogen-bond donors (Lipinski definition) is 1. The second kappa shape index (κ2) is 15.5. The number of aromatic amines is 1. The number of nitrogens with one attached hydrogen (secondary N) is 1. The van der Waals surface area contributed by atoms with Gasteiger partial charge in [0.25, 0.3) is 0 Å². The Morgan fingerprint density at radius 1 is 0.725 bits per heavy atom. The molecular formula is C32H41Cl3N4O. The maximum Gasteiger partial charge on any atom is 0.137 e. The van der Waals surface area contributed by atoms with Crippen LogP contribution in [0.5, 0.6) is 5.75 Å². The molecule has 0 radical (unpaired) electrons. The van der Waals surface area contributed by atoms with E-state index >= 15 is 0 Å². The van der Waals surface area contributed by atoms with E-state index in [4.69, 9.17) is 9.72 Å². The largest absolute Gasteiger partial charge is 0.497 e. The molecule has 4 aromatic rings. The van der Waals surface area contributed by atoms with Gasteiger partial charge in [0.05, 0.1) is 24.9 Å². The van der Waals surface area contributed by atoms with Crippen LogP contribution in [0.2, 0.25) is 0 Å². The Morgan fingerprint density at radius 3 is 1.70 bits per heavy atom. The van der Waals surface area contributed by atoms with Crippen LogP contribution in [0.25, 0.3) is 11.4 Å². The van der Waals surface area contributed by atoms with Crippen molar-refractivity contribution < 1.29 is 4.74 Å². The molecule has 1 aliphatic rings. The molecule has 0 amide bonds. The molecule has 8 heteroatoms. The van der Waals surface area contributed by atoms with Gasteiger partial charge in [0.2, 0.25) is 0 Å².